The SMILES string of the molecule is Cc1ccc(C)c(S(=O)(=O)NCCNC(=O)C2CCCN(C(=O)C3CC3)C2)c1. The predicted octanol–water partition coefficient (Wildman–Crippen LogP) is 1.35. The number of rotatable bonds is 7. The second kappa shape index (κ2) is 8.61. The second-order valence-electron chi connectivity index (χ2n) is 7.86. The van der Waals surface area contributed by atoms with Gasteiger partial charge in [-0.3, -0.25) is 9.59 Å². The van der Waals surface area contributed by atoms with Crippen molar-refractivity contribution < 1.29 is 18.0 Å². The van der Waals surface area contributed by atoms with E-state index in [1.165, 1.54) is 0 Å². The molecule has 1 atom stereocenters. The van der Waals surface area contributed by atoms with Crippen molar-refractivity contribution in [2.45, 2.75) is 44.4 Å². The van der Waals surface area contributed by atoms with Crippen LogP contribution in [0.4, 0.5) is 0 Å². The third-order valence-corrected chi connectivity index (χ3v) is 6.98. The van der Waals surface area contributed by atoms with Crippen molar-refractivity contribution in [2.75, 3.05) is 26.2 Å². The number of likely N-dealkylation sites (tertiary alicyclic amines) is 1. The van der Waals surface area contributed by atoms with Crippen LogP contribution < -0.4 is 10.0 Å². The van der Waals surface area contributed by atoms with E-state index >= 15 is 0 Å². The summed E-state index contributed by atoms with van der Waals surface area (Å²) in [6.45, 7) is 5.15. The lowest BCUT2D eigenvalue weighted by Crippen LogP contribution is -2.47. The summed E-state index contributed by atoms with van der Waals surface area (Å²) >= 11 is 0. The largest absolute Gasteiger partial charge is 0.354 e. The van der Waals surface area contributed by atoms with Crippen LogP contribution in [0.1, 0.15) is 36.8 Å². The van der Waals surface area contributed by atoms with E-state index in [1.54, 1.807) is 19.1 Å². The smallest absolute Gasteiger partial charge is 0.240 e. The first-order valence-electron chi connectivity index (χ1n) is 9.91. The summed E-state index contributed by atoms with van der Waals surface area (Å²) in [6.07, 6.45) is 3.52. The minimum Gasteiger partial charge on any atom is -0.354 e. The second-order valence-corrected chi connectivity index (χ2v) is 9.59. The molecular formula is C20H29N3O4S. The average molecular weight is 408 g/mol. The van der Waals surface area contributed by atoms with Gasteiger partial charge in [0.15, 0.2) is 0 Å². The molecule has 8 heteroatoms. The zero-order valence-electron chi connectivity index (χ0n) is 16.5. The van der Waals surface area contributed by atoms with E-state index in [9.17, 15) is 18.0 Å². The Morgan fingerprint density at radius 1 is 1.11 bits per heavy atom. The zero-order chi connectivity index (χ0) is 20.3. The molecule has 1 aromatic rings. The molecule has 1 aliphatic heterocycles. The summed E-state index contributed by atoms with van der Waals surface area (Å²) in [7, 11) is -3.61. The van der Waals surface area contributed by atoms with Crippen molar-refractivity contribution in [3.8, 4) is 0 Å². The topological polar surface area (TPSA) is 95.6 Å². The number of aryl methyl sites for hydroxylation is 2. The van der Waals surface area contributed by atoms with Gasteiger partial charge in [0.2, 0.25) is 21.8 Å². The minimum absolute atomic E-state index is 0.112. The Labute approximate surface area is 166 Å². The van der Waals surface area contributed by atoms with Crippen LogP contribution in [-0.2, 0) is 19.6 Å². The van der Waals surface area contributed by atoms with Crippen molar-refractivity contribution in [3.63, 3.8) is 0 Å². The summed E-state index contributed by atoms with van der Waals surface area (Å²) in [6, 6.07) is 5.29. The molecule has 1 saturated carbocycles. The molecule has 154 valence electrons. The van der Waals surface area contributed by atoms with Crippen LogP contribution in [0, 0.1) is 25.7 Å². The molecule has 0 spiro atoms. The molecule has 3 rings (SSSR count). The van der Waals surface area contributed by atoms with Gasteiger partial charge in [-0.25, -0.2) is 13.1 Å². The number of benzene rings is 1. The molecule has 1 unspecified atom stereocenters. The summed E-state index contributed by atoms with van der Waals surface area (Å²) in [5.74, 6) is 0.0198. The molecule has 2 amide bonds. The molecule has 2 fully saturated rings. The van der Waals surface area contributed by atoms with Gasteiger partial charge in [0.1, 0.15) is 0 Å². The zero-order valence-corrected chi connectivity index (χ0v) is 17.3. The molecule has 0 aromatic heterocycles. The van der Waals surface area contributed by atoms with Crippen molar-refractivity contribution in [1.29, 1.82) is 0 Å². The third-order valence-electron chi connectivity index (χ3n) is 5.38. The molecule has 1 aliphatic carbocycles. The van der Waals surface area contributed by atoms with Crippen molar-refractivity contribution in [2.24, 2.45) is 11.8 Å². The van der Waals surface area contributed by atoms with Crippen LogP contribution in [0.2, 0.25) is 0 Å². The summed E-state index contributed by atoms with van der Waals surface area (Å²) in [5, 5.41) is 2.80. The molecule has 0 bridgehead atoms. The normalized spacial score (nSPS) is 20.1. The highest BCUT2D eigenvalue weighted by Crippen LogP contribution is 2.32. The Morgan fingerprint density at radius 3 is 2.57 bits per heavy atom. The summed E-state index contributed by atoms with van der Waals surface area (Å²) in [4.78, 5) is 26.7. The van der Waals surface area contributed by atoms with Gasteiger partial charge in [0.25, 0.3) is 0 Å². The van der Waals surface area contributed by atoms with E-state index in [4.69, 9.17) is 0 Å². The lowest BCUT2D eigenvalue weighted by atomic mass is 9.96. The quantitative estimate of drug-likeness (QED) is 0.667. The first-order valence-corrected chi connectivity index (χ1v) is 11.4. The Hall–Kier alpha value is -1.93. The molecule has 1 heterocycles. The minimum atomic E-state index is -3.61. The third kappa shape index (κ3) is 5.11. The number of carbonyl (C=O) groups is 2. The van der Waals surface area contributed by atoms with Crippen LogP contribution in [0.15, 0.2) is 23.1 Å². The van der Waals surface area contributed by atoms with Gasteiger partial charge in [0.05, 0.1) is 10.8 Å². The number of carbonyl (C=O) groups excluding carboxylic acids is 2. The predicted molar refractivity (Wildman–Crippen MR) is 106 cm³/mol. The maximum atomic E-state index is 12.5. The van der Waals surface area contributed by atoms with Crippen molar-refractivity contribution in [1.82, 2.24) is 14.9 Å². The molecule has 1 saturated heterocycles. The Balaban J connectivity index is 1.46. The Morgan fingerprint density at radius 2 is 1.86 bits per heavy atom. The number of sulfonamides is 1. The molecular weight excluding hydrogens is 378 g/mol. The van der Waals surface area contributed by atoms with E-state index in [2.05, 4.69) is 10.0 Å². The van der Waals surface area contributed by atoms with Crippen molar-refractivity contribution in [3.05, 3.63) is 29.3 Å². The molecule has 0 radical (unpaired) electrons. The number of nitrogens with one attached hydrogen (secondary N) is 2. The number of nitrogens with zero attached hydrogens (tertiary/aromatic N) is 1. The molecule has 2 aliphatic rings. The molecule has 2 N–H and O–H groups in total. The van der Waals surface area contributed by atoms with Gasteiger partial charge in [0, 0.05) is 32.1 Å². The van der Waals surface area contributed by atoms with Crippen LogP contribution in [-0.4, -0.2) is 51.3 Å². The lowest BCUT2D eigenvalue weighted by molar-refractivity contribution is -0.136. The van der Waals surface area contributed by atoms with E-state index in [0.29, 0.717) is 12.1 Å². The highest BCUT2D eigenvalue weighted by Gasteiger charge is 2.36. The molecule has 28 heavy (non-hydrogen) atoms. The van der Waals surface area contributed by atoms with Gasteiger partial charge in [-0.05, 0) is 56.7 Å². The average Bonchev–Trinajstić information content (AvgIpc) is 3.51. The molecule has 1 aromatic carbocycles. The summed E-state index contributed by atoms with van der Waals surface area (Å²) in [5.41, 5.74) is 1.56. The Kier molecular flexibility index (Phi) is 6.40. The van der Waals surface area contributed by atoms with E-state index in [0.717, 1.165) is 37.8 Å². The maximum absolute atomic E-state index is 12.5. The standard InChI is InChI=1S/C20H29N3O4S/c1-14-5-6-15(2)18(12-14)28(26,27)22-10-9-21-19(24)17-4-3-11-23(13-17)20(25)16-7-8-16/h5-6,12,16-17,22H,3-4,7-11,13H2,1-2H3,(H,21,24). The van der Waals surface area contributed by atoms with E-state index in [1.807, 2.05) is 17.9 Å². The summed E-state index contributed by atoms with van der Waals surface area (Å²) < 4.78 is 27.5. The van der Waals surface area contributed by atoms with Crippen LogP contribution in [0.25, 0.3) is 0 Å². The number of hydrogen-bond acceptors (Lipinski definition) is 4. The highest BCUT2D eigenvalue weighted by atomic mass is 32.2. The van der Waals surface area contributed by atoms with Crippen LogP contribution >= 0.6 is 0 Å². The van der Waals surface area contributed by atoms with Crippen molar-refractivity contribution >= 4 is 21.8 Å². The van der Waals surface area contributed by atoms with E-state index in [-0.39, 0.29) is 41.6 Å². The number of amides is 2. The van der Waals surface area contributed by atoms with Crippen LogP contribution in [0.5, 0.6) is 0 Å². The fraction of sp³-hybridized carbons (Fsp3) is 0.600. The van der Waals surface area contributed by atoms with E-state index < -0.39 is 10.0 Å². The monoisotopic (exact) mass is 407 g/mol. The van der Waals surface area contributed by atoms with Gasteiger partial charge in [-0.1, -0.05) is 12.1 Å². The van der Waals surface area contributed by atoms with Gasteiger partial charge < -0.3 is 10.2 Å². The van der Waals surface area contributed by atoms with Gasteiger partial charge >= 0.3 is 0 Å². The van der Waals surface area contributed by atoms with Crippen LogP contribution in [0.3, 0.4) is 0 Å². The fourth-order valence-electron chi connectivity index (χ4n) is 3.57. The number of hydrogen-bond donors (Lipinski definition) is 2. The highest BCUT2D eigenvalue weighted by molar-refractivity contribution is 7.89. The Bertz CT molecular complexity index is 849. The van der Waals surface area contributed by atoms with Gasteiger partial charge in [-0.2, -0.15) is 0 Å². The first kappa shape index (κ1) is 20.8. The first-order chi connectivity index (χ1) is 13.3. The fourth-order valence-corrected chi connectivity index (χ4v) is 4.93. The number of piperidine rings is 1. The van der Waals surface area contributed by atoms with Gasteiger partial charge in [-0.15, -0.1) is 0 Å². The maximum Gasteiger partial charge on any atom is 0.240 e. The lowest BCUT2D eigenvalue weighted by Gasteiger charge is -2.32. The molecule has 7 nitrogen and oxygen atoms in total.